The normalized spacial score (nSPS) is 17.7. The van der Waals surface area contributed by atoms with Gasteiger partial charge in [-0.15, -0.1) is 0 Å². The number of nitrogens with one attached hydrogen (secondary N) is 2. The van der Waals surface area contributed by atoms with E-state index in [0.717, 1.165) is 6.42 Å². The molecular formula is C20H20N2O5. The largest absolute Gasteiger partial charge is 0.497 e. The van der Waals surface area contributed by atoms with Crippen molar-refractivity contribution in [3.8, 4) is 5.75 Å². The Kier molecular flexibility index (Phi) is 5.12. The summed E-state index contributed by atoms with van der Waals surface area (Å²) in [6.07, 6.45) is 0.903. The standard InChI is InChI=1S/C20H20N2O5/c1-11-9-15(11)19(24)21-13-5-3-12(4-6-13)18(23)22-17-8-7-14(27-2)10-16(17)20(25)26/h3-8,10-11,15H,9H2,1-2H3,(H,21,24)(H,22,23)(H,25,26). The highest BCUT2D eigenvalue weighted by molar-refractivity contribution is 6.08. The average Bonchev–Trinajstić information content (AvgIpc) is 3.39. The number of hydrogen-bond acceptors (Lipinski definition) is 4. The minimum atomic E-state index is -1.17. The van der Waals surface area contributed by atoms with Crippen molar-refractivity contribution >= 4 is 29.2 Å². The van der Waals surface area contributed by atoms with E-state index >= 15 is 0 Å². The molecule has 1 saturated carbocycles. The molecule has 2 atom stereocenters. The number of aromatic carboxylic acids is 1. The molecule has 3 N–H and O–H groups in total. The van der Waals surface area contributed by atoms with Gasteiger partial charge in [0.05, 0.1) is 18.4 Å². The molecule has 2 unspecified atom stereocenters. The van der Waals surface area contributed by atoms with Crippen LogP contribution >= 0.6 is 0 Å². The van der Waals surface area contributed by atoms with Gasteiger partial charge in [0.1, 0.15) is 5.75 Å². The number of carbonyl (C=O) groups excluding carboxylic acids is 2. The molecule has 2 aromatic rings. The number of anilines is 2. The van der Waals surface area contributed by atoms with Crippen LogP contribution < -0.4 is 15.4 Å². The Balaban J connectivity index is 1.69. The predicted octanol–water partition coefficient (Wildman–Crippen LogP) is 3.24. The number of carboxylic acids is 1. The van der Waals surface area contributed by atoms with E-state index in [1.807, 2.05) is 6.92 Å². The van der Waals surface area contributed by atoms with E-state index in [-0.39, 0.29) is 23.1 Å². The van der Waals surface area contributed by atoms with Crippen molar-refractivity contribution in [1.82, 2.24) is 0 Å². The highest BCUT2D eigenvalue weighted by atomic mass is 16.5. The Bertz CT molecular complexity index is 892. The fourth-order valence-electron chi connectivity index (χ4n) is 2.76. The molecule has 0 aliphatic heterocycles. The van der Waals surface area contributed by atoms with Crippen molar-refractivity contribution < 1.29 is 24.2 Å². The van der Waals surface area contributed by atoms with Crippen LogP contribution in [0.1, 0.15) is 34.1 Å². The number of benzene rings is 2. The fraction of sp³-hybridized carbons (Fsp3) is 0.250. The van der Waals surface area contributed by atoms with Gasteiger partial charge in [0.25, 0.3) is 5.91 Å². The Hall–Kier alpha value is -3.35. The zero-order valence-corrected chi connectivity index (χ0v) is 15.0. The molecule has 140 valence electrons. The van der Waals surface area contributed by atoms with Crippen LogP contribution in [0.5, 0.6) is 5.75 Å². The first-order valence-electron chi connectivity index (χ1n) is 8.52. The van der Waals surface area contributed by atoms with E-state index in [9.17, 15) is 19.5 Å². The first kappa shape index (κ1) is 18.4. The predicted molar refractivity (Wildman–Crippen MR) is 100 cm³/mol. The molecular weight excluding hydrogens is 348 g/mol. The number of carbonyl (C=O) groups is 3. The molecule has 1 aliphatic carbocycles. The second-order valence-electron chi connectivity index (χ2n) is 6.56. The highest BCUT2D eigenvalue weighted by Crippen LogP contribution is 2.38. The smallest absolute Gasteiger partial charge is 0.337 e. The Morgan fingerprint density at radius 3 is 2.30 bits per heavy atom. The molecule has 0 saturated heterocycles. The van der Waals surface area contributed by atoms with E-state index in [0.29, 0.717) is 22.9 Å². The van der Waals surface area contributed by atoms with Crippen LogP contribution in [0.2, 0.25) is 0 Å². The van der Waals surface area contributed by atoms with Crippen LogP contribution in [0.15, 0.2) is 42.5 Å². The van der Waals surface area contributed by atoms with Crippen LogP contribution in [0.25, 0.3) is 0 Å². The second-order valence-corrected chi connectivity index (χ2v) is 6.56. The molecule has 2 aromatic carbocycles. The first-order chi connectivity index (χ1) is 12.9. The second kappa shape index (κ2) is 7.49. The van der Waals surface area contributed by atoms with Gasteiger partial charge in [0.15, 0.2) is 0 Å². The summed E-state index contributed by atoms with van der Waals surface area (Å²) in [5.74, 6) is -0.757. The van der Waals surface area contributed by atoms with E-state index in [1.165, 1.54) is 19.2 Å². The van der Waals surface area contributed by atoms with Gasteiger partial charge < -0.3 is 20.5 Å². The van der Waals surface area contributed by atoms with E-state index in [2.05, 4.69) is 10.6 Å². The molecule has 0 radical (unpaired) electrons. The summed E-state index contributed by atoms with van der Waals surface area (Å²) in [6.45, 7) is 2.03. The summed E-state index contributed by atoms with van der Waals surface area (Å²) < 4.78 is 5.01. The third-order valence-electron chi connectivity index (χ3n) is 4.57. The molecule has 0 bridgehead atoms. The summed E-state index contributed by atoms with van der Waals surface area (Å²) in [4.78, 5) is 35.7. The summed E-state index contributed by atoms with van der Waals surface area (Å²) in [5, 5.41) is 14.7. The van der Waals surface area contributed by atoms with Crippen LogP contribution in [-0.4, -0.2) is 30.0 Å². The molecule has 1 aliphatic rings. The quantitative estimate of drug-likeness (QED) is 0.726. The summed E-state index contributed by atoms with van der Waals surface area (Å²) in [5.41, 5.74) is 1.07. The van der Waals surface area contributed by atoms with Crippen molar-refractivity contribution in [2.45, 2.75) is 13.3 Å². The van der Waals surface area contributed by atoms with Gasteiger partial charge in [0.2, 0.25) is 5.91 Å². The van der Waals surface area contributed by atoms with Gasteiger partial charge in [-0.3, -0.25) is 9.59 Å². The Morgan fingerprint density at radius 1 is 1.07 bits per heavy atom. The van der Waals surface area contributed by atoms with Crippen molar-refractivity contribution in [2.75, 3.05) is 17.7 Å². The third kappa shape index (κ3) is 4.25. The molecule has 0 aromatic heterocycles. The van der Waals surface area contributed by atoms with Crippen LogP contribution in [0.4, 0.5) is 11.4 Å². The summed E-state index contributed by atoms with van der Waals surface area (Å²) in [7, 11) is 1.43. The minimum absolute atomic E-state index is 0.0102. The summed E-state index contributed by atoms with van der Waals surface area (Å²) >= 11 is 0. The lowest BCUT2D eigenvalue weighted by atomic mass is 10.1. The maximum atomic E-state index is 12.4. The van der Waals surface area contributed by atoms with Gasteiger partial charge in [-0.1, -0.05) is 6.92 Å². The maximum Gasteiger partial charge on any atom is 0.337 e. The molecule has 0 spiro atoms. The lowest BCUT2D eigenvalue weighted by Crippen LogP contribution is -2.16. The lowest BCUT2D eigenvalue weighted by molar-refractivity contribution is -0.117. The van der Waals surface area contributed by atoms with Gasteiger partial charge in [-0.25, -0.2) is 4.79 Å². The van der Waals surface area contributed by atoms with E-state index < -0.39 is 11.9 Å². The topological polar surface area (TPSA) is 105 Å². The van der Waals surface area contributed by atoms with E-state index in [4.69, 9.17) is 4.74 Å². The van der Waals surface area contributed by atoms with Crippen molar-refractivity contribution in [3.63, 3.8) is 0 Å². The zero-order chi connectivity index (χ0) is 19.6. The van der Waals surface area contributed by atoms with Crippen molar-refractivity contribution in [2.24, 2.45) is 11.8 Å². The monoisotopic (exact) mass is 368 g/mol. The number of hydrogen-bond donors (Lipinski definition) is 3. The zero-order valence-electron chi connectivity index (χ0n) is 15.0. The third-order valence-corrected chi connectivity index (χ3v) is 4.57. The minimum Gasteiger partial charge on any atom is -0.497 e. The molecule has 2 amide bonds. The van der Waals surface area contributed by atoms with Gasteiger partial charge in [-0.05, 0) is 54.8 Å². The maximum absolute atomic E-state index is 12.4. The molecule has 3 rings (SSSR count). The molecule has 1 fully saturated rings. The number of rotatable bonds is 6. The lowest BCUT2D eigenvalue weighted by Gasteiger charge is -2.11. The molecule has 7 heteroatoms. The van der Waals surface area contributed by atoms with Crippen molar-refractivity contribution in [3.05, 3.63) is 53.6 Å². The van der Waals surface area contributed by atoms with Crippen LogP contribution in [-0.2, 0) is 4.79 Å². The van der Waals surface area contributed by atoms with Gasteiger partial charge in [-0.2, -0.15) is 0 Å². The highest BCUT2D eigenvalue weighted by Gasteiger charge is 2.39. The average molecular weight is 368 g/mol. The SMILES string of the molecule is COc1ccc(NC(=O)c2ccc(NC(=O)C3CC3C)cc2)c(C(=O)O)c1. The summed E-state index contributed by atoms with van der Waals surface area (Å²) in [6, 6.07) is 10.8. The molecule has 27 heavy (non-hydrogen) atoms. The van der Waals surface area contributed by atoms with Crippen LogP contribution in [0.3, 0.4) is 0 Å². The number of amides is 2. The van der Waals surface area contributed by atoms with Crippen LogP contribution in [0, 0.1) is 11.8 Å². The Morgan fingerprint density at radius 2 is 1.74 bits per heavy atom. The van der Waals surface area contributed by atoms with E-state index in [1.54, 1.807) is 30.3 Å². The number of ether oxygens (including phenoxy) is 1. The Labute approximate surface area is 156 Å². The fourth-order valence-corrected chi connectivity index (χ4v) is 2.76. The van der Waals surface area contributed by atoms with Gasteiger partial charge >= 0.3 is 5.97 Å². The number of methoxy groups -OCH3 is 1. The van der Waals surface area contributed by atoms with Gasteiger partial charge in [0, 0.05) is 17.2 Å². The molecule has 0 heterocycles. The van der Waals surface area contributed by atoms with Crippen molar-refractivity contribution in [1.29, 1.82) is 0 Å². The molecule has 7 nitrogen and oxygen atoms in total. The first-order valence-corrected chi connectivity index (χ1v) is 8.52. The number of carboxylic acid groups (broad SMARTS) is 1.